The lowest BCUT2D eigenvalue weighted by atomic mass is 10.1. The summed E-state index contributed by atoms with van der Waals surface area (Å²) in [5, 5.41) is 4.87. The number of nitrogens with one attached hydrogen (secondary N) is 1. The van der Waals surface area contributed by atoms with Gasteiger partial charge in [0, 0.05) is 24.7 Å². The molecule has 1 saturated heterocycles. The van der Waals surface area contributed by atoms with E-state index in [2.05, 4.69) is 10.3 Å². The molecule has 6 heteroatoms. The first-order chi connectivity index (χ1) is 13.1. The van der Waals surface area contributed by atoms with Crippen LogP contribution in [0.3, 0.4) is 0 Å². The van der Waals surface area contributed by atoms with Gasteiger partial charge in [0.05, 0.1) is 40.7 Å². The second-order valence-corrected chi connectivity index (χ2v) is 6.98. The Morgan fingerprint density at radius 2 is 1.96 bits per heavy atom. The van der Waals surface area contributed by atoms with Gasteiger partial charge in [-0.05, 0) is 30.7 Å². The number of halogens is 1. The minimum atomic E-state index is -0.0534. The lowest BCUT2D eigenvalue weighted by Crippen LogP contribution is -2.41. The largest absolute Gasteiger partial charge is 0.378 e. The SMILES string of the molecule is Cc1ccc(Nc2c(C(=O)N3CCOCC3)cnc3ccccc23)c(Cl)c1. The van der Waals surface area contributed by atoms with E-state index in [0.717, 1.165) is 27.8 Å². The van der Waals surface area contributed by atoms with E-state index in [0.29, 0.717) is 36.9 Å². The number of para-hydroxylation sites is 1. The zero-order valence-electron chi connectivity index (χ0n) is 15.0. The Bertz CT molecular complexity index is 1000. The van der Waals surface area contributed by atoms with Crippen LogP contribution in [-0.4, -0.2) is 42.1 Å². The van der Waals surface area contributed by atoms with Gasteiger partial charge in [0.1, 0.15) is 0 Å². The van der Waals surface area contributed by atoms with Crippen molar-refractivity contribution in [2.75, 3.05) is 31.6 Å². The number of anilines is 2. The van der Waals surface area contributed by atoms with Crippen LogP contribution in [0.25, 0.3) is 10.9 Å². The Morgan fingerprint density at radius 3 is 2.74 bits per heavy atom. The number of hydrogen-bond donors (Lipinski definition) is 1. The van der Waals surface area contributed by atoms with Crippen molar-refractivity contribution in [2.24, 2.45) is 0 Å². The van der Waals surface area contributed by atoms with Crippen molar-refractivity contribution >= 4 is 39.8 Å². The molecule has 1 aromatic heterocycles. The molecule has 27 heavy (non-hydrogen) atoms. The summed E-state index contributed by atoms with van der Waals surface area (Å²) in [4.78, 5) is 19.4. The zero-order chi connectivity index (χ0) is 18.8. The van der Waals surface area contributed by atoms with Gasteiger partial charge in [-0.1, -0.05) is 35.9 Å². The number of rotatable bonds is 3. The summed E-state index contributed by atoms with van der Waals surface area (Å²) in [5.41, 5.74) is 3.92. The molecule has 0 atom stereocenters. The number of morpholine rings is 1. The topological polar surface area (TPSA) is 54.5 Å². The van der Waals surface area contributed by atoms with Crippen molar-refractivity contribution < 1.29 is 9.53 Å². The van der Waals surface area contributed by atoms with Crippen molar-refractivity contribution in [1.29, 1.82) is 0 Å². The first-order valence-electron chi connectivity index (χ1n) is 8.91. The quantitative estimate of drug-likeness (QED) is 0.730. The summed E-state index contributed by atoms with van der Waals surface area (Å²) >= 11 is 6.42. The summed E-state index contributed by atoms with van der Waals surface area (Å²) in [6.45, 7) is 4.26. The van der Waals surface area contributed by atoms with Crippen LogP contribution >= 0.6 is 11.6 Å². The number of aryl methyl sites for hydroxylation is 1. The Labute approximate surface area is 162 Å². The first-order valence-corrected chi connectivity index (χ1v) is 9.29. The normalized spacial score (nSPS) is 14.4. The minimum absolute atomic E-state index is 0.0534. The van der Waals surface area contributed by atoms with Gasteiger partial charge in [-0.2, -0.15) is 0 Å². The van der Waals surface area contributed by atoms with Crippen molar-refractivity contribution in [2.45, 2.75) is 6.92 Å². The van der Waals surface area contributed by atoms with Crippen LogP contribution in [0, 0.1) is 6.92 Å². The van der Waals surface area contributed by atoms with Gasteiger partial charge in [-0.15, -0.1) is 0 Å². The molecule has 0 spiro atoms. The number of ether oxygens (including phenoxy) is 1. The minimum Gasteiger partial charge on any atom is -0.378 e. The van der Waals surface area contributed by atoms with Gasteiger partial charge in [0.15, 0.2) is 0 Å². The van der Waals surface area contributed by atoms with E-state index >= 15 is 0 Å². The summed E-state index contributed by atoms with van der Waals surface area (Å²) in [7, 11) is 0. The van der Waals surface area contributed by atoms with Gasteiger partial charge < -0.3 is 15.0 Å². The average molecular weight is 382 g/mol. The Balaban J connectivity index is 1.81. The van der Waals surface area contributed by atoms with Gasteiger partial charge in [0.2, 0.25) is 0 Å². The van der Waals surface area contributed by atoms with Gasteiger partial charge in [0.25, 0.3) is 5.91 Å². The molecule has 0 saturated carbocycles. The average Bonchev–Trinajstić information content (AvgIpc) is 2.70. The smallest absolute Gasteiger partial charge is 0.257 e. The standard InChI is InChI=1S/C21H20ClN3O2/c1-14-6-7-19(17(22)12-14)24-20-15-4-2-3-5-18(15)23-13-16(20)21(26)25-8-10-27-11-9-25/h2-7,12-13H,8-11H2,1H3,(H,23,24). The maximum absolute atomic E-state index is 13.2. The number of carbonyl (C=O) groups is 1. The van der Waals surface area contributed by atoms with Crippen LogP contribution in [0.1, 0.15) is 15.9 Å². The molecule has 0 bridgehead atoms. The molecule has 4 rings (SSSR count). The second kappa shape index (κ2) is 7.55. The van der Waals surface area contributed by atoms with Crippen LogP contribution in [-0.2, 0) is 4.74 Å². The Morgan fingerprint density at radius 1 is 1.19 bits per heavy atom. The van der Waals surface area contributed by atoms with Crippen molar-refractivity contribution in [3.05, 3.63) is 64.8 Å². The Hall–Kier alpha value is -2.63. The maximum atomic E-state index is 13.2. The van der Waals surface area contributed by atoms with E-state index in [1.807, 2.05) is 49.4 Å². The molecule has 0 radical (unpaired) electrons. The van der Waals surface area contributed by atoms with Crippen LogP contribution in [0.4, 0.5) is 11.4 Å². The number of benzene rings is 2. The van der Waals surface area contributed by atoms with E-state index in [1.54, 1.807) is 11.1 Å². The summed E-state index contributed by atoms with van der Waals surface area (Å²) in [5.74, 6) is -0.0534. The third kappa shape index (κ3) is 3.61. The van der Waals surface area contributed by atoms with E-state index in [-0.39, 0.29) is 5.91 Å². The molecule has 1 N–H and O–H groups in total. The van der Waals surface area contributed by atoms with E-state index in [9.17, 15) is 4.79 Å². The second-order valence-electron chi connectivity index (χ2n) is 6.58. The summed E-state index contributed by atoms with van der Waals surface area (Å²) in [6.07, 6.45) is 1.64. The van der Waals surface area contributed by atoms with Crippen LogP contribution in [0.5, 0.6) is 0 Å². The molecule has 1 aliphatic rings. The van der Waals surface area contributed by atoms with Crippen LogP contribution in [0.15, 0.2) is 48.7 Å². The highest BCUT2D eigenvalue weighted by atomic mass is 35.5. The van der Waals surface area contributed by atoms with Crippen LogP contribution in [0.2, 0.25) is 5.02 Å². The number of carbonyl (C=O) groups excluding carboxylic acids is 1. The molecule has 2 aromatic carbocycles. The van der Waals surface area contributed by atoms with E-state index < -0.39 is 0 Å². The fraction of sp³-hybridized carbons (Fsp3) is 0.238. The Kier molecular flexibility index (Phi) is 4.97. The fourth-order valence-electron chi connectivity index (χ4n) is 3.23. The lowest BCUT2D eigenvalue weighted by Gasteiger charge is -2.28. The van der Waals surface area contributed by atoms with E-state index in [1.165, 1.54) is 0 Å². The molecule has 0 aliphatic carbocycles. The fourth-order valence-corrected chi connectivity index (χ4v) is 3.51. The summed E-state index contributed by atoms with van der Waals surface area (Å²) < 4.78 is 5.37. The number of amides is 1. The lowest BCUT2D eigenvalue weighted by molar-refractivity contribution is 0.0303. The number of hydrogen-bond acceptors (Lipinski definition) is 4. The van der Waals surface area contributed by atoms with Crippen molar-refractivity contribution in [1.82, 2.24) is 9.88 Å². The van der Waals surface area contributed by atoms with E-state index in [4.69, 9.17) is 16.3 Å². The molecule has 2 heterocycles. The molecular weight excluding hydrogens is 362 g/mol. The van der Waals surface area contributed by atoms with Gasteiger partial charge in [-0.3, -0.25) is 9.78 Å². The van der Waals surface area contributed by atoms with Crippen LogP contribution < -0.4 is 5.32 Å². The van der Waals surface area contributed by atoms with Crippen molar-refractivity contribution in [3.63, 3.8) is 0 Å². The zero-order valence-corrected chi connectivity index (χ0v) is 15.8. The third-order valence-electron chi connectivity index (χ3n) is 4.69. The molecule has 0 unspecified atom stereocenters. The number of nitrogens with zero attached hydrogens (tertiary/aromatic N) is 2. The third-order valence-corrected chi connectivity index (χ3v) is 5.00. The predicted octanol–water partition coefficient (Wildman–Crippen LogP) is 4.41. The predicted molar refractivity (Wildman–Crippen MR) is 108 cm³/mol. The molecule has 1 amide bonds. The number of pyridine rings is 1. The van der Waals surface area contributed by atoms with Gasteiger partial charge >= 0.3 is 0 Å². The molecule has 1 fully saturated rings. The molecule has 138 valence electrons. The highest BCUT2D eigenvalue weighted by Crippen LogP contribution is 2.33. The summed E-state index contributed by atoms with van der Waals surface area (Å²) in [6, 6.07) is 13.6. The maximum Gasteiger partial charge on any atom is 0.257 e. The highest BCUT2D eigenvalue weighted by Gasteiger charge is 2.23. The first kappa shape index (κ1) is 17.8. The monoisotopic (exact) mass is 381 g/mol. The number of aromatic nitrogens is 1. The molecule has 3 aromatic rings. The highest BCUT2D eigenvalue weighted by molar-refractivity contribution is 6.33. The molecule has 1 aliphatic heterocycles. The number of fused-ring (bicyclic) bond motifs is 1. The van der Waals surface area contributed by atoms with Crippen molar-refractivity contribution in [3.8, 4) is 0 Å². The molecular formula is C21H20ClN3O2. The molecule has 5 nitrogen and oxygen atoms in total. The van der Waals surface area contributed by atoms with Gasteiger partial charge in [-0.25, -0.2) is 0 Å².